The van der Waals surface area contributed by atoms with E-state index in [1.165, 1.54) is 32.1 Å². The Labute approximate surface area is 130 Å². The molecule has 3 heteroatoms. The molecule has 0 saturated heterocycles. The van der Waals surface area contributed by atoms with E-state index in [-0.39, 0.29) is 17.9 Å². The van der Waals surface area contributed by atoms with Gasteiger partial charge in [0, 0.05) is 6.04 Å². The minimum absolute atomic E-state index is 0.0492. The summed E-state index contributed by atoms with van der Waals surface area (Å²) >= 11 is 0. The molecule has 4 saturated carbocycles. The number of benzene rings is 1. The Kier molecular flexibility index (Phi) is 2.59. The molecule has 5 aliphatic rings. The topological polar surface area (TPSA) is 37.4 Å². The Morgan fingerprint density at radius 3 is 1.77 bits per heavy atom. The molecule has 1 heterocycles. The van der Waals surface area contributed by atoms with Crippen molar-refractivity contribution in [2.75, 3.05) is 0 Å². The lowest BCUT2D eigenvalue weighted by Crippen LogP contribution is -2.45. The Morgan fingerprint density at radius 2 is 1.23 bits per heavy atom. The minimum atomic E-state index is -0.0492. The van der Waals surface area contributed by atoms with E-state index in [4.69, 9.17) is 0 Å². The van der Waals surface area contributed by atoms with Crippen LogP contribution in [-0.4, -0.2) is 22.8 Å². The van der Waals surface area contributed by atoms with Crippen LogP contribution in [-0.2, 0) is 0 Å². The zero-order chi connectivity index (χ0) is 14.8. The number of fused-ring (bicyclic) bond motifs is 2. The zero-order valence-corrected chi connectivity index (χ0v) is 12.7. The number of hydrogen-bond donors (Lipinski definition) is 0. The molecule has 4 aliphatic carbocycles. The molecule has 114 valence electrons. The Balaban J connectivity index is 1.53. The molecule has 4 bridgehead atoms. The van der Waals surface area contributed by atoms with E-state index in [2.05, 4.69) is 0 Å². The first-order valence-electron chi connectivity index (χ1n) is 8.67. The third-order valence-corrected chi connectivity index (χ3v) is 6.55. The molecule has 1 aliphatic heterocycles. The van der Waals surface area contributed by atoms with Crippen molar-refractivity contribution in [1.29, 1.82) is 0 Å². The maximum absolute atomic E-state index is 12.8. The van der Waals surface area contributed by atoms with Gasteiger partial charge in [-0.2, -0.15) is 0 Å². The number of carbonyl (C=O) groups is 2. The van der Waals surface area contributed by atoms with Crippen molar-refractivity contribution in [3.05, 3.63) is 35.4 Å². The second-order valence-corrected chi connectivity index (χ2v) is 7.87. The van der Waals surface area contributed by atoms with Crippen LogP contribution in [0.5, 0.6) is 0 Å². The molecule has 22 heavy (non-hydrogen) atoms. The Morgan fingerprint density at radius 1 is 0.727 bits per heavy atom. The molecule has 0 aromatic heterocycles. The highest BCUT2D eigenvalue weighted by Crippen LogP contribution is 2.52. The lowest BCUT2D eigenvalue weighted by molar-refractivity contribution is 0.0477. The molecule has 4 unspecified atom stereocenters. The number of amides is 2. The smallest absolute Gasteiger partial charge is 0.261 e. The fourth-order valence-electron chi connectivity index (χ4n) is 5.91. The van der Waals surface area contributed by atoms with E-state index >= 15 is 0 Å². The number of hydrogen-bond acceptors (Lipinski definition) is 2. The first-order chi connectivity index (χ1) is 10.7. The molecule has 3 nitrogen and oxygen atoms in total. The summed E-state index contributed by atoms with van der Waals surface area (Å²) in [4.78, 5) is 27.2. The summed E-state index contributed by atoms with van der Waals surface area (Å²) in [6.07, 6.45) is 7.54. The number of imide groups is 1. The van der Waals surface area contributed by atoms with Crippen LogP contribution in [0.15, 0.2) is 24.3 Å². The molecule has 1 aromatic carbocycles. The summed E-state index contributed by atoms with van der Waals surface area (Å²) in [5.74, 6) is 2.87. The summed E-state index contributed by atoms with van der Waals surface area (Å²) in [5.41, 5.74) is 1.22. The molecule has 0 spiro atoms. The molecule has 2 amide bonds. The fourth-order valence-corrected chi connectivity index (χ4v) is 5.91. The summed E-state index contributed by atoms with van der Waals surface area (Å²) in [7, 11) is 0. The third-order valence-electron chi connectivity index (χ3n) is 6.55. The summed E-state index contributed by atoms with van der Waals surface area (Å²) in [6, 6.07) is 7.46. The first kappa shape index (κ1) is 12.9. The highest BCUT2D eigenvalue weighted by Gasteiger charge is 2.49. The lowest BCUT2D eigenvalue weighted by Gasteiger charge is -2.39. The molecule has 1 aromatic rings. The average Bonchev–Trinajstić information content (AvgIpc) is 2.61. The van der Waals surface area contributed by atoms with Gasteiger partial charge in [-0.15, -0.1) is 0 Å². The van der Waals surface area contributed by atoms with Crippen molar-refractivity contribution in [3.8, 4) is 0 Å². The maximum Gasteiger partial charge on any atom is 0.261 e. The molecule has 6 rings (SSSR count). The molecule has 4 fully saturated rings. The van der Waals surface area contributed by atoms with Gasteiger partial charge in [-0.25, -0.2) is 0 Å². The lowest BCUT2D eigenvalue weighted by atomic mass is 9.67. The highest BCUT2D eigenvalue weighted by atomic mass is 16.2. The minimum Gasteiger partial charge on any atom is -0.271 e. The van der Waals surface area contributed by atoms with Crippen molar-refractivity contribution >= 4 is 11.8 Å². The number of carbonyl (C=O) groups excluding carboxylic acids is 2. The molecule has 5 atom stereocenters. The third kappa shape index (κ3) is 1.68. The van der Waals surface area contributed by atoms with Crippen molar-refractivity contribution in [2.45, 2.75) is 44.6 Å². The predicted molar refractivity (Wildman–Crippen MR) is 82.4 cm³/mol. The SMILES string of the molecule is O=C1c2ccccc2C(=O)N1C1CC2CC3CC1C[C@@H](C3)C2. The standard InChI is InChI=1S/C19H21NO2/c21-18-15-3-1-2-4-16(15)19(22)20(18)17-10-13-6-11-5-12(7-13)9-14(17)8-11/h1-4,11-14,17H,5-10H2/t11-,12?,13?,14?,17?/m0/s1. The van der Waals surface area contributed by atoms with Crippen LogP contribution in [0, 0.1) is 23.7 Å². The van der Waals surface area contributed by atoms with E-state index in [0.717, 1.165) is 24.2 Å². The van der Waals surface area contributed by atoms with Crippen molar-refractivity contribution in [2.24, 2.45) is 23.7 Å². The fraction of sp³-hybridized carbons (Fsp3) is 0.579. The second-order valence-electron chi connectivity index (χ2n) is 7.87. The van der Waals surface area contributed by atoms with Gasteiger partial charge in [0.05, 0.1) is 11.1 Å². The van der Waals surface area contributed by atoms with E-state index in [0.29, 0.717) is 17.0 Å². The first-order valence-corrected chi connectivity index (χ1v) is 8.67. The van der Waals surface area contributed by atoms with Crippen LogP contribution in [0.1, 0.15) is 59.2 Å². The van der Waals surface area contributed by atoms with Crippen LogP contribution < -0.4 is 0 Å². The van der Waals surface area contributed by atoms with Crippen LogP contribution in [0.25, 0.3) is 0 Å². The number of nitrogens with zero attached hydrogens (tertiary/aromatic N) is 1. The van der Waals surface area contributed by atoms with E-state index < -0.39 is 0 Å². The zero-order valence-electron chi connectivity index (χ0n) is 12.7. The van der Waals surface area contributed by atoms with Gasteiger partial charge >= 0.3 is 0 Å². The van der Waals surface area contributed by atoms with Gasteiger partial charge in [0.25, 0.3) is 11.8 Å². The van der Waals surface area contributed by atoms with Gasteiger partial charge in [-0.05, 0) is 74.3 Å². The summed E-state index contributed by atoms with van der Waals surface area (Å²) in [6.45, 7) is 0. The van der Waals surface area contributed by atoms with E-state index in [1.807, 2.05) is 12.1 Å². The average molecular weight is 295 g/mol. The Bertz CT molecular complexity index is 618. The van der Waals surface area contributed by atoms with Crippen molar-refractivity contribution in [3.63, 3.8) is 0 Å². The maximum atomic E-state index is 12.8. The van der Waals surface area contributed by atoms with Crippen LogP contribution in [0.4, 0.5) is 0 Å². The number of rotatable bonds is 1. The van der Waals surface area contributed by atoms with Crippen LogP contribution in [0.3, 0.4) is 0 Å². The molecule has 0 radical (unpaired) electrons. The quantitative estimate of drug-likeness (QED) is 0.744. The summed E-state index contributed by atoms with van der Waals surface area (Å²) in [5, 5.41) is 0. The van der Waals surface area contributed by atoms with Gasteiger partial charge in [0.15, 0.2) is 0 Å². The second kappa shape index (κ2) is 4.43. The van der Waals surface area contributed by atoms with E-state index in [1.54, 1.807) is 17.0 Å². The van der Waals surface area contributed by atoms with Crippen LogP contribution >= 0.6 is 0 Å². The van der Waals surface area contributed by atoms with Gasteiger partial charge in [-0.3, -0.25) is 14.5 Å². The van der Waals surface area contributed by atoms with Crippen LogP contribution in [0.2, 0.25) is 0 Å². The molecular formula is C19H21NO2. The van der Waals surface area contributed by atoms with Gasteiger partial charge in [0.1, 0.15) is 0 Å². The predicted octanol–water partition coefficient (Wildman–Crippen LogP) is 3.50. The van der Waals surface area contributed by atoms with E-state index in [9.17, 15) is 9.59 Å². The summed E-state index contributed by atoms with van der Waals surface area (Å²) < 4.78 is 0. The highest BCUT2D eigenvalue weighted by molar-refractivity contribution is 6.21. The largest absolute Gasteiger partial charge is 0.271 e. The van der Waals surface area contributed by atoms with Gasteiger partial charge in [-0.1, -0.05) is 12.1 Å². The van der Waals surface area contributed by atoms with Crippen molar-refractivity contribution < 1.29 is 9.59 Å². The van der Waals surface area contributed by atoms with Crippen molar-refractivity contribution in [1.82, 2.24) is 4.90 Å². The Hall–Kier alpha value is -1.64. The normalized spacial score (nSPS) is 39.3. The molecule has 0 N–H and O–H groups in total. The molecular weight excluding hydrogens is 274 g/mol. The monoisotopic (exact) mass is 295 g/mol. The van der Waals surface area contributed by atoms with Gasteiger partial charge < -0.3 is 0 Å². The van der Waals surface area contributed by atoms with Gasteiger partial charge in [0.2, 0.25) is 0 Å².